The van der Waals surface area contributed by atoms with Gasteiger partial charge in [0.1, 0.15) is 0 Å². The zero-order valence-electron chi connectivity index (χ0n) is 17.9. The molecule has 1 aliphatic rings. The molecule has 1 fully saturated rings. The zero-order valence-corrected chi connectivity index (χ0v) is 20.2. The number of halogens is 1. The molecule has 160 valence electrons. The van der Waals surface area contributed by atoms with Gasteiger partial charge in [-0.25, -0.2) is 4.99 Å². The molecular weight excluding hydrogens is 465 g/mol. The summed E-state index contributed by atoms with van der Waals surface area (Å²) in [4.78, 5) is 7.25. The fourth-order valence-electron chi connectivity index (χ4n) is 2.99. The maximum atomic E-state index is 5.46. The molecule has 0 aromatic heterocycles. The van der Waals surface area contributed by atoms with E-state index in [0.717, 1.165) is 58.4 Å². The predicted octanol–water partition coefficient (Wildman–Crippen LogP) is 2.58. The fourth-order valence-corrected chi connectivity index (χ4v) is 2.99. The number of morpholine rings is 1. The van der Waals surface area contributed by atoms with Gasteiger partial charge in [0.05, 0.1) is 19.8 Å². The van der Waals surface area contributed by atoms with E-state index >= 15 is 0 Å². The topological polar surface area (TPSA) is 60.9 Å². The van der Waals surface area contributed by atoms with Gasteiger partial charge in [0.15, 0.2) is 5.96 Å². The van der Waals surface area contributed by atoms with Gasteiger partial charge in [-0.2, -0.15) is 0 Å². The third kappa shape index (κ3) is 10.0. The fraction of sp³-hybridized carbons (Fsp3) is 0.667. The highest BCUT2D eigenvalue weighted by atomic mass is 127. The van der Waals surface area contributed by atoms with Gasteiger partial charge in [-0.05, 0) is 38.8 Å². The molecule has 0 bridgehead atoms. The minimum atomic E-state index is 0. The van der Waals surface area contributed by atoms with Crippen molar-refractivity contribution in [3.8, 4) is 0 Å². The molecule has 0 spiro atoms. The van der Waals surface area contributed by atoms with Gasteiger partial charge in [-0.3, -0.25) is 4.90 Å². The SMILES string of the molecule is CCNC(=NCc1ccccc1CN1CCOCC1)NCCNC(C)(C)C.I. The molecule has 0 atom stereocenters. The van der Waals surface area contributed by atoms with Crippen LogP contribution in [0.15, 0.2) is 29.3 Å². The van der Waals surface area contributed by atoms with Crippen molar-refractivity contribution in [2.24, 2.45) is 4.99 Å². The largest absolute Gasteiger partial charge is 0.379 e. The van der Waals surface area contributed by atoms with Crippen molar-refractivity contribution in [2.75, 3.05) is 45.9 Å². The van der Waals surface area contributed by atoms with Gasteiger partial charge in [0, 0.05) is 44.8 Å². The second kappa shape index (κ2) is 13.3. The predicted molar refractivity (Wildman–Crippen MR) is 129 cm³/mol. The molecule has 0 unspecified atom stereocenters. The summed E-state index contributed by atoms with van der Waals surface area (Å²) >= 11 is 0. The molecule has 1 saturated heterocycles. The van der Waals surface area contributed by atoms with E-state index in [1.54, 1.807) is 0 Å². The van der Waals surface area contributed by atoms with Crippen LogP contribution in [-0.2, 0) is 17.8 Å². The van der Waals surface area contributed by atoms with Gasteiger partial charge in [0.25, 0.3) is 0 Å². The Labute approximate surface area is 187 Å². The Morgan fingerprint density at radius 1 is 1.07 bits per heavy atom. The van der Waals surface area contributed by atoms with Crippen LogP contribution in [0, 0.1) is 0 Å². The van der Waals surface area contributed by atoms with E-state index in [2.05, 4.69) is 72.8 Å². The maximum absolute atomic E-state index is 5.46. The number of guanidine groups is 1. The minimum Gasteiger partial charge on any atom is -0.379 e. The van der Waals surface area contributed by atoms with Crippen LogP contribution in [0.3, 0.4) is 0 Å². The first-order chi connectivity index (χ1) is 13.0. The maximum Gasteiger partial charge on any atom is 0.191 e. The summed E-state index contributed by atoms with van der Waals surface area (Å²) in [6.45, 7) is 16.6. The van der Waals surface area contributed by atoms with Crippen molar-refractivity contribution < 1.29 is 4.74 Å². The van der Waals surface area contributed by atoms with Crippen LogP contribution >= 0.6 is 24.0 Å². The summed E-state index contributed by atoms with van der Waals surface area (Å²) in [7, 11) is 0. The van der Waals surface area contributed by atoms with E-state index in [9.17, 15) is 0 Å². The first-order valence-electron chi connectivity index (χ1n) is 10.1. The highest BCUT2D eigenvalue weighted by Gasteiger charge is 2.12. The molecule has 0 saturated carbocycles. The van der Waals surface area contributed by atoms with Crippen molar-refractivity contribution in [1.29, 1.82) is 0 Å². The molecule has 2 rings (SSSR count). The summed E-state index contributed by atoms with van der Waals surface area (Å²) in [5.74, 6) is 0.870. The van der Waals surface area contributed by atoms with Crippen LogP contribution in [0.5, 0.6) is 0 Å². The third-order valence-electron chi connectivity index (χ3n) is 4.44. The molecule has 7 heteroatoms. The molecular formula is C21H38IN5O. The Morgan fingerprint density at radius 2 is 1.75 bits per heavy atom. The number of rotatable bonds is 8. The first-order valence-corrected chi connectivity index (χ1v) is 10.1. The Kier molecular flexibility index (Phi) is 12.0. The lowest BCUT2D eigenvalue weighted by molar-refractivity contribution is 0.0341. The van der Waals surface area contributed by atoms with E-state index in [1.807, 2.05) is 0 Å². The van der Waals surface area contributed by atoms with E-state index in [0.29, 0.717) is 6.54 Å². The van der Waals surface area contributed by atoms with Gasteiger partial charge in [-0.1, -0.05) is 24.3 Å². The lowest BCUT2D eigenvalue weighted by Crippen LogP contribution is -2.44. The van der Waals surface area contributed by atoms with E-state index < -0.39 is 0 Å². The molecule has 1 aromatic rings. The number of aliphatic imine (C=N–C) groups is 1. The van der Waals surface area contributed by atoms with Crippen LogP contribution in [-0.4, -0.2) is 62.3 Å². The quantitative estimate of drug-likeness (QED) is 0.220. The normalized spacial score (nSPS) is 15.8. The third-order valence-corrected chi connectivity index (χ3v) is 4.44. The monoisotopic (exact) mass is 503 g/mol. The van der Waals surface area contributed by atoms with Crippen molar-refractivity contribution in [2.45, 2.75) is 46.3 Å². The smallest absolute Gasteiger partial charge is 0.191 e. The number of ether oxygens (including phenoxy) is 1. The molecule has 0 aliphatic carbocycles. The number of hydrogen-bond acceptors (Lipinski definition) is 4. The van der Waals surface area contributed by atoms with Gasteiger partial charge in [0.2, 0.25) is 0 Å². The van der Waals surface area contributed by atoms with E-state index in [-0.39, 0.29) is 29.5 Å². The number of nitrogens with zero attached hydrogens (tertiary/aromatic N) is 2. The van der Waals surface area contributed by atoms with Crippen LogP contribution < -0.4 is 16.0 Å². The Morgan fingerprint density at radius 3 is 2.39 bits per heavy atom. The van der Waals surface area contributed by atoms with Gasteiger partial charge >= 0.3 is 0 Å². The van der Waals surface area contributed by atoms with E-state index in [4.69, 9.17) is 9.73 Å². The van der Waals surface area contributed by atoms with Gasteiger partial charge in [-0.15, -0.1) is 24.0 Å². The van der Waals surface area contributed by atoms with Crippen molar-refractivity contribution >= 4 is 29.9 Å². The number of nitrogens with one attached hydrogen (secondary N) is 3. The Balaban J connectivity index is 0.00000392. The standard InChI is InChI=1S/C21H37N5O.HI/c1-5-22-20(23-10-11-25-21(2,3)4)24-16-18-8-6-7-9-19(18)17-26-12-14-27-15-13-26;/h6-9,25H,5,10-17H2,1-4H3,(H2,22,23,24);1H. The first kappa shape index (κ1) is 25.1. The number of hydrogen-bond donors (Lipinski definition) is 3. The lowest BCUT2D eigenvalue weighted by atomic mass is 10.1. The Hall–Kier alpha value is -0.900. The zero-order chi connectivity index (χ0) is 19.5. The lowest BCUT2D eigenvalue weighted by Gasteiger charge is -2.27. The average molecular weight is 503 g/mol. The number of benzene rings is 1. The molecule has 28 heavy (non-hydrogen) atoms. The molecule has 0 amide bonds. The van der Waals surface area contributed by atoms with Gasteiger partial charge < -0.3 is 20.7 Å². The highest BCUT2D eigenvalue weighted by Crippen LogP contribution is 2.14. The summed E-state index contributed by atoms with van der Waals surface area (Å²) in [5, 5.41) is 10.2. The molecule has 1 aliphatic heterocycles. The minimum absolute atomic E-state index is 0. The van der Waals surface area contributed by atoms with Crippen LogP contribution in [0.25, 0.3) is 0 Å². The van der Waals surface area contributed by atoms with Crippen molar-refractivity contribution in [3.63, 3.8) is 0 Å². The van der Waals surface area contributed by atoms with Crippen molar-refractivity contribution in [3.05, 3.63) is 35.4 Å². The summed E-state index contributed by atoms with van der Waals surface area (Å²) in [5.41, 5.74) is 2.78. The summed E-state index contributed by atoms with van der Waals surface area (Å²) < 4.78 is 5.46. The van der Waals surface area contributed by atoms with Crippen LogP contribution in [0.4, 0.5) is 0 Å². The Bertz CT molecular complexity index is 582. The average Bonchev–Trinajstić information content (AvgIpc) is 2.64. The molecule has 0 radical (unpaired) electrons. The molecule has 1 aromatic carbocycles. The van der Waals surface area contributed by atoms with Crippen LogP contribution in [0.2, 0.25) is 0 Å². The summed E-state index contributed by atoms with van der Waals surface area (Å²) in [6.07, 6.45) is 0. The molecule has 1 heterocycles. The second-order valence-corrected chi connectivity index (χ2v) is 7.96. The molecule has 6 nitrogen and oxygen atoms in total. The van der Waals surface area contributed by atoms with Crippen LogP contribution in [0.1, 0.15) is 38.8 Å². The van der Waals surface area contributed by atoms with Crippen molar-refractivity contribution in [1.82, 2.24) is 20.9 Å². The van der Waals surface area contributed by atoms with E-state index in [1.165, 1.54) is 11.1 Å². The second-order valence-electron chi connectivity index (χ2n) is 7.96. The highest BCUT2D eigenvalue weighted by molar-refractivity contribution is 14.0. The summed E-state index contributed by atoms with van der Waals surface area (Å²) in [6, 6.07) is 8.61. The molecule has 3 N–H and O–H groups in total.